The van der Waals surface area contributed by atoms with Crippen LogP contribution in [0.4, 0.5) is 5.69 Å². The van der Waals surface area contributed by atoms with E-state index in [1.54, 1.807) is 6.20 Å². The number of carbonyl (C=O) groups is 1. The Morgan fingerprint density at radius 3 is 3.12 bits per heavy atom. The maximum absolute atomic E-state index is 11.5. The molecule has 17 heavy (non-hydrogen) atoms. The van der Waals surface area contributed by atoms with Crippen molar-refractivity contribution in [3.63, 3.8) is 0 Å². The van der Waals surface area contributed by atoms with Crippen molar-refractivity contribution in [1.29, 1.82) is 0 Å². The van der Waals surface area contributed by atoms with Gasteiger partial charge in [-0.15, -0.1) is 0 Å². The van der Waals surface area contributed by atoms with Gasteiger partial charge in [-0.1, -0.05) is 0 Å². The Morgan fingerprint density at radius 1 is 1.59 bits per heavy atom. The first-order valence-electron chi connectivity index (χ1n) is 5.64. The zero-order chi connectivity index (χ0) is 12.3. The molecule has 2 rings (SSSR count). The quantitative estimate of drug-likeness (QED) is 0.785. The van der Waals surface area contributed by atoms with Crippen molar-refractivity contribution in [2.45, 2.75) is 12.8 Å². The van der Waals surface area contributed by atoms with Crippen LogP contribution in [-0.4, -0.2) is 31.2 Å². The van der Waals surface area contributed by atoms with Crippen molar-refractivity contribution in [1.82, 2.24) is 4.98 Å². The number of ether oxygens (including phenoxy) is 1. The summed E-state index contributed by atoms with van der Waals surface area (Å²) in [6, 6.07) is 2.02. The zero-order valence-corrected chi connectivity index (χ0v) is 11.3. The number of halogens is 1. The van der Waals surface area contributed by atoms with Crippen molar-refractivity contribution >= 4 is 27.6 Å². The summed E-state index contributed by atoms with van der Waals surface area (Å²) in [6.45, 7) is 1.68. The molecule has 0 unspecified atom stereocenters. The molecule has 1 aromatic rings. The Balaban J connectivity index is 2.09. The van der Waals surface area contributed by atoms with Crippen molar-refractivity contribution in [2.75, 3.05) is 25.1 Å². The average molecular weight is 299 g/mol. The Bertz CT molecular complexity index is 411. The Labute approximate surface area is 109 Å². The number of methoxy groups -OCH3 is 1. The van der Waals surface area contributed by atoms with Gasteiger partial charge in [-0.3, -0.25) is 9.78 Å². The van der Waals surface area contributed by atoms with Gasteiger partial charge in [0.1, 0.15) is 0 Å². The molecule has 0 saturated carbocycles. The molecule has 0 spiro atoms. The number of anilines is 1. The van der Waals surface area contributed by atoms with E-state index in [2.05, 4.69) is 25.8 Å². The number of hydrogen-bond acceptors (Lipinski definition) is 4. The molecule has 2 heterocycles. The highest BCUT2D eigenvalue weighted by Gasteiger charge is 2.26. The van der Waals surface area contributed by atoms with Crippen molar-refractivity contribution < 1.29 is 9.53 Å². The van der Waals surface area contributed by atoms with Gasteiger partial charge in [0.05, 0.1) is 24.9 Å². The second kappa shape index (κ2) is 5.49. The van der Waals surface area contributed by atoms with Crippen molar-refractivity contribution in [3.05, 3.63) is 22.9 Å². The van der Waals surface area contributed by atoms with Crippen LogP contribution < -0.4 is 4.90 Å². The highest BCUT2D eigenvalue weighted by molar-refractivity contribution is 9.10. The van der Waals surface area contributed by atoms with Crippen LogP contribution in [0.2, 0.25) is 0 Å². The van der Waals surface area contributed by atoms with Crippen LogP contribution in [0.3, 0.4) is 0 Å². The fourth-order valence-corrected chi connectivity index (χ4v) is 2.50. The van der Waals surface area contributed by atoms with E-state index in [0.717, 1.165) is 29.5 Å². The highest BCUT2D eigenvalue weighted by atomic mass is 79.9. The molecule has 1 aliphatic rings. The summed E-state index contributed by atoms with van der Waals surface area (Å²) >= 11 is 3.41. The second-order valence-electron chi connectivity index (χ2n) is 4.17. The maximum atomic E-state index is 11.5. The number of rotatable bonds is 2. The molecule has 0 radical (unpaired) electrons. The van der Waals surface area contributed by atoms with Gasteiger partial charge in [0.25, 0.3) is 0 Å². The molecule has 1 atom stereocenters. The van der Waals surface area contributed by atoms with E-state index < -0.39 is 0 Å². The van der Waals surface area contributed by atoms with E-state index in [1.165, 1.54) is 7.11 Å². The molecular formula is C12H15BrN2O2. The molecule has 1 saturated heterocycles. The van der Waals surface area contributed by atoms with Crippen molar-refractivity contribution in [3.8, 4) is 0 Å². The molecule has 4 nitrogen and oxygen atoms in total. The third-order valence-electron chi connectivity index (χ3n) is 3.01. The van der Waals surface area contributed by atoms with Gasteiger partial charge in [-0.2, -0.15) is 0 Å². The van der Waals surface area contributed by atoms with Gasteiger partial charge in [0.15, 0.2) is 0 Å². The normalized spacial score (nSPS) is 20.1. The number of nitrogens with zero attached hydrogens (tertiary/aromatic N) is 2. The molecule has 0 aromatic carbocycles. The lowest BCUT2D eigenvalue weighted by molar-refractivity contribution is -0.145. The minimum atomic E-state index is -0.113. The van der Waals surface area contributed by atoms with E-state index in [4.69, 9.17) is 4.74 Å². The summed E-state index contributed by atoms with van der Waals surface area (Å²) < 4.78 is 5.76. The molecule has 5 heteroatoms. The summed E-state index contributed by atoms with van der Waals surface area (Å²) in [5.41, 5.74) is 1.05. The fourth-order valence-electron chi connectivity index (χ4n) is 2.14. The SMILES string of the molecule is COC(=O)[C@H]1CCCN(c2cncc(Br)c2)C1. The highest BCUT2D eigenvalue weighted by Crippen LogP contribution is 2.25. The van der Waals surface area contributed by atoms with E-state index in [1.807, 2.05) is 12.3 Å². The third-order valence-corrected chi connectivity index (χ3v) is 3.45. The topological polar surface area (TPSA) is 42.4 Å². The van der Waals surface area contributed by atoms with Crippen LogP contribution in [0.15, 0.2) is 22.9 Å². The predicted molar refractivity (Wildman–Crippen MR) is 68.9 cm³/mol. The number of piperidine rings is 1. The van der Waals surface area contributed by atoms with Gasteiger partial charge in [0, 0.05) is 23.8 Å². The lowest BCUT2D eigenvalue weighted by Gasteiger charge is -2.32. The smallest absolute Gasteiger partial charge is 0.310 e. The fraction of sp³-hybridized carbons (Fsp3) is 0.500. The maximum Gasteiger partial charge on any atom is 0.310 e. The zero-order valence-electron chi connectivity index (χ0n) is 9.73. The molecular weight excluding hydrogens is 284 g/mol. The number of esters is 1. The summed E-state index contributed by atoms with van der Waals surface area (Å²) in [6.07, 6.45) is 5.49. The summed E-state index contributed by atoms with van der Waals surface area (Å²) in [4.78, 5) is 17.9. The second-order valence-corrected chi connectivity index (χ2v) is 5.09. The van der Waals surface area contributed by atoms with Crippen LogP contribution in [-0.2, 0) is 9.53 Å². The van der Waals surface area contributed by atoms with E-state index in [9.17, 15) is 4.79 Å². The Morgan fingerprint density at radius 2 is 2.41 bits per heavy atom. The predicted octanol–water partition coefficient (Wildman–Crippen LogP) is 2.23. The van der Waals surface area contributed by atoms with E-state index in [-0.39, 0.29) is 11.9 Å². The van der Waals surface area contributed by atoms with Crippen molar-refractivity contribution in [2.24, 2.45) is 5.92 Å². The molecule has 0 bridgehead atoms. The van der Waals surface area contributed by atoms with Crippen LogP contribution in [0.25, 0.3) is 0 Å². The van der Waals surface area contributed by atoms with Gasteiger partial charge in [0.2, 0.25) is 0 Å². The molecule has 0 amide bonds. The minimum Gasteiger partial charge on any atom is -0.469 e. The van der Waals surface area contributed by atoms with Gasteiger partial charge >= 0.3 is 5.97 Å². The number of carbonyl (C=O) groups excluding carboxylic acids is 1. The minimum absolute atomic E-state index is 0.0206. The summed E-state index contributed by atoms with van der Waals surface area (Å²) in [5, 5.41) is 0. The van der Waals surface area contributed by atoms with E-state index in [0.29, 0.717) is 6.54 Å². The Kier molecular flexibility index (Phi) is 3.99. The lowest BCUT2D eigenvalue weighted by atomic mass is 9.98. The first-order valence-corrected chi connectivity index (χ1v) is 6.43. The first kappa shape index (κ1) is 12.4. The van der Waals surface area contributed by atoms with Gasteiger partial charge in [-0.05, 0) is 34.8 Å². The lowest BCUT2D eigenvalue weighted by Crippen LogP contribution is -2.39. The van der Waals surface area contributed by atoms with Crippen LogP contribution >= 0.6 is 15.9 Å². The standard InChI is InChI=1S/C12H15BrN2O2/c1-17-12(16)9-3-2-4-15(8-9)11-5-10(13)6-14-7-11/h5-7,9H,2-4,8H2,1H3/t9-/m0/s1. The largest absolute Gasteiger partial charge is 0.469 e. The van der Waals surface area contributed by atoms with Gasteiger partial charge < -0.3 is 9.64 Å². The first-order chi connectivity index (χ1) is 8.20. The van der Waals surface area contributed by atoms with Gasteiger partial charge in [-0.25, -0.2) is 0 Å². The molecule has 92 valence electrons. The molecule has 1 aromatic heterocycles. The molecule has 1 fully saturated rings. The van der Waals surface area contributed by atoms with Crippen LogP contribution in [0.5, 0.6) is 0 Å². The number of pyridine rings is 1. The van der Waals surface area contributed by atoms with E-state index >= 15 is 0 Å². The number of aromatic nitrogens is 1. The monoisotopic (exact) mass is 298 g/mol. The molecule has 0 aliphatic carbocycles. The summed E-state index contributed by atoms with van der Waals surface area (Å²) in [7, 11) is 1.45. The van der Waals surface area contributed by atoms with Crippen LogP contribution in [0.1, 0.15) is 12.8 Å². The Hall–Kier alpha value is -1.10. The third kappa shape index (κ3) is 2.97. The van der Waals surface area contributed by atoms with Crippen LogP contribution in [0, 0.1) is 5.92 Å². The average Bonchev–Trinajstić information content (AvgIpc) is 2.38. The summed E-state index contributed by atoms with van der Waals surface area (Å²) in [5.74, 6) is -0.134. The molecule has 0 N–H and O–H groups in total. The molecule has 1 aliphatic heterocycles. The number of hydrogen-bond donors (Lipinski definition) is 0.